The number of aromatic nitrogens is 1. The standard InChI is InChI=1S/C17H19N3O2/c1-11-4-2-3-5-13(11)16-14-9-18-8-12(14)10-20(16)17(21)15-6-7-19-22-15/h2-7,12,14,16,18H,8-10H2,1H3/t12-,14-,16+/m0/s1. The molecule has 3 heterocycles. The summed E-state index contributed by atoms with van der Waals surface area (Å²) < 4.78 is 5.09. The van der Waals surface area contributed by atoms with E-state index >= 15 is 0 Å². The Kier molecular flexibility index (Phi) is 3.22. The highest BCUT2D eigenvalue weighted by atomic mass is 16.5. The summed E-state index contributed by atoms with van der Waals surface area (Å²) in [4.78, 5) is 14.8. The molecule has 2 aromatic rings. The summed E-state index contributed by atoms with van der Waals surface area (Å²) in [6.07, 6.45) is 1.52. The highest BCUT2D eigenvalue weighted by Crippen LogP contribution is 2.44. The number of hydrogen-bond donors (Lipinski definition) is 1. The van der Waals surface area contributed by atoms with Crippen molar-refractivity contribution in [2.75, 3.05) is 19.6 Å². The molecule has 0 aliphatic carbocycles. The lowest BCUT2D eigenvalue weighted by Crippen LogP contribution is -2.34. The van der Waals surface area contributed by atoms with Gasteiger partial charge >= 0.3 is 0 Å². The van der Waals surface area contributed by atoms with Crippen LogP contribution in [0.25, 0.3) is 0 Å². The number of fused-ring (bicyclic) bond motifs is 1. The number of nitrogens with one attached hydrogen (secondary N) is 1. The third kappa shape index (κ3) is 2.04. The van der Waals surface area contributed by atoms with Crippen LogP contribution in [0.1, 0.15) is 27.7 Å². The fourth-order valence-electron chi connectivity index (χ4n) is 3.91. The molecule has 22 heavy (non-hydrogen) atoms. The Hall–Kier alpha value is -2.14. The molecule has 0 saturated carbocycles. The molecule has 2 fully saturated rings. The number of hydrogen-bond acceptors (Lipinski definition) is 4. The number of aryl methyl sites for hydroxylation is 1. The molecule has 0 radical (unpaired) electrons. The molecule has 0 unspecified atom stereocenters. The SMILES string of the molecule is Cc1ccccc1[C@@H]1[C@H]2CNC[C@H]2CN1C(=O)c1ccno1. The van der Waals surface area contributed by atoms with Gasteiger partial charge in [0.2, 0.25) is 5.76 Å². The van der Waals surface area contributed by atoms with Crippen LogP contribution in [0.2, 0.25) is 0 Å². The van der Waals surface area contributed by atoms with Gasteiger partial charge in [0.05, 0.1) is 12.2 Å². The molecule has 0 spiro atoms. The van der Waals surface area contributed by atoms with Crippen molar-refractivity contribution in [1.82, 2.24) is 15.4 Å². The van der Waals surface area contributed by atoms with Gasteiger partial charge in [-0.25, -0.2) is 0 Å². The van der Waals surface area contributed by atoms with Crippen molar-refractivity contribution in [1.29, 1.82) is 0 Å². The molecular weight excluding hydrogens is 278 g/mol. The van der Waals surface area contributed by atoms with Gasteiger partial charge < -0.3 is 14.7 Å². The van der Waals surface area contributed by atoms with Crippen molar-refractivity contribution < 1.29 is 9.32 Å². The van der Waals surface area contributed by atoms with Crippen LogP contribution in [0.3, 0.4) is 0 Å². The van der Waals surface area contributed by atoms with Crippen molar-refractivity contribution in [2.24, 2.45) is 11.8 Å². The molecular formula is C17H19N3O2. The second-order valence-corrected chi connectivity index (χ2v) is 6.22. The number of carbonyl (C=O) groups excluding carboxylic acids is 1. The molecule has 5 heteroatoms. The third-order valence-electron chi connectivity index (χ3n) is 4.98. The normalized spacial score (nSPS) is 27.1. The molecule has 4 rings (SSSR count). The Bertz CT molecular complexity index is 683. The van der Waals surface area contributed by atoms with Crippen molar-refractivity contribution in [2.45, 2.75) is 13.0 Å². The number of benzene rings is 1. The Balaban J connectivity index is 1.74. The average Bonchev–Trinajstić information content (AvgIpc) is 3.24. The number of carbonyl (C=O) groups is 1. The fourth-order valence-corrected chi connectivity index (χ4v) is 3.91. The van der Waals surface area contributed by atoms with Crippen LogP contribution in [-0.4, -0.2) is 35.6 Å². The summed E-state index contributed by atoms with van der Waals surface area (Å²) in [7, 11) is 0. The third-order valence-corrected chi connectivity index (χ3v) is 4.98. The van der Waals surface area contributed by atoms with Gasteiger partial charge in [-0.2, -0.15) is 0 Å². The highest BCUT2D eigenvalue weighted by Gasteiger charge is 2.47. The number of rotatable bonds is 2. The lowest BCUT2D eigenvalue weighted by Gasteiger charge is -2.28. The first-order chi connectivity index (χ1) is 10.8. The lowest BCUT2D eigenvalue weighted by molar-refractivity contribution is 0.0671. The molecule has 114 valence electrons. The van der Waals surface area contributed by atoms with Gasteiger partial charge in [0.1, 0.15) is 0 Å². The van der Waals surface area contributed by atoms with E-state index in [0.717, 1.165) is 19.6 Å². The summed E-state index contributed by atoms with van der Waals surface area (Å²) in [6, 6.07) is 10.1. The molecule has 1 aromatic heterocycles. The smallest absolute Gasteiger partial charge is 0.292 e. The molecule has 0 bridgehead atoms. The fraction of sp³-hybridized carbons (Fsp3) is 0.412. The van der Waals surface area contributed by atoms with Crippen LogP contribution in [-0.2, 0) is 0 Å². The van der Waals surface area contributed by atoms with Gasteiger partial charge in [0.15, 0.2) is 0 Å². The van der Waals surface area contributed by atoms with Gasteiger partial charge in [0.25, 0.3) is 5.91 Å². The Morgan fingerprint density at radius 1 is 1.32 bits per heavy atom. The van der Waals surface area contributed by atoms with E-state index in [1.807, 2.05) is 11.0 Å². The van der Waals surface area contributed by atoms with Crippen LogP contribution < -0.4 is 5.32 Å². The van der Waals surface area contributed by atoms with Gasteiger partial charge in [-0.3, -0.25) is 4.79 Å². The van der Waals surface area contributed by atoms with E-state index in [9.17, 15) is 4.79 Å². The Morgan fingerprint density at radius 2 is 2.18 bits per heavy atom. The zero-order chi connectivity index (χ0) is 15.1. The van der Waals surface area contributed by atoms with E-state index < -0.39 is 0 Å². The zero-order valence-corrected chi connectivity index (χ0v) is 12.5. The van der Waals surface area contributed by atoms with E-state index in [-0.39, 0.29) is 11.9 Å². The summed E-state index contributed by atoms with van der Waals surface area (Å²) in [5.41, 5.74) is 2.47. The van der Waals surface area contributed by atoms with E-state index in [4.69, 9.17) is 4.52 Å². The molecule has 2 aliphatic rings. The van der Waals surface area contributed by atoms with E-state index in [2.05, 4.69) is 35.6 Å². The predicted octanol–water partition coefficient (Wildman–Crippen LogP) is 2.02. The van der Waals surface area contributed by atoms with Gasteiger partial charge in [-0.05, 0) is 24.0 Å². The predicted molar refractivity (Wildman–Crippen MR) is 81.3 cm³/mol. The van der Waals surface area contributed by atoms with Crippen molar-refractivity contribution >= 4 is 5.91 Å². The lowest BCUT2D eigenvalue weighted by atomic mass is 9.87. The van der Waals surface area contributed by atoms with Crippen molar-refractivity contribution in [3.63, 3.8) is 0 Å². The largest absolute Gasteiger partial charge is 0.351 e. The molecule has 2 aliphatic heterocycles. The Labute approximate surface area is 129 Å². The monoisotopic (exact) mass is 297 g/mol. The van der Waals surface area contributed by atoms with E-state index in [1.54, 1.807) is 6.07 Å². The quantitative estimate of drug-likeness (QED) is 0.921. The number of nitrogens with zero attached hydrogens (tertiary/aromatic N) is 2. The molecule has 3 atom stereocenters. The van der Waals surface area contributed by atoms with Crippen LogP contribution in [0, 0.1) is 18.8 Å². The van der Waals surface area contributed by atoms with Crippen LogP contribution in [0.4, 0.5) is 0 Å². The summed E-state index contributed by atoms with van der Waals surface area (Å²) >= 11 is 0. The van der Waals surface area contributed by atoms with Gasteiger partial charge in [-0.15, -0.1) is 0 Å². The second-order valence-electron chi connectivity index (χ2n) is 6.22. The topological polar surface area (TPSA) is 58.4 Å². The minimum atomic E-state index is -0.0554. The average molecular weight is 297 g/mol. The summed E-state index contributed by atoms with van der Waals surface area (Å²) in [6.45, 7) is 4.83. The van der Waals surface area contributed by atoms with Crippen molar-refractivity contribution in [3.05, 3.63) is 53.4 Å². The first-order valence-electron chi connectivity index (χ1n) is 7.73. The number of likely N-dealkylation sites (tertiary alicyclic amines) is 1. The van der Waals surface area contributed by atoms with Crippen LogP contribution in [0.5, 0.6) is 0 Å². The van der Waals surface area contributed by atoms with Crippen LogP contribution >= 0.6 is 0 Å². The second kappa shape index (κ2) is 5.25. The maximum absolute atomic E-state index is 12.8. The van der Waals surface area contributed by atoms with Crippen LogP contribution in [0.15, 0.2) is 41.1 Å². The van der Waals surface area contributed by atoms with Crippen molar-refractivity contribution in [3.8, 4) is 0 Å². The van der Waals surface area contributed by atoms with Gasteiger partial charge in [-0.1, -0.05) is 29.4 Å². The first-order valence-corrected chi connectivity index (χ1v) is 7.73. The minimum Gasteiger partial charge on any atom is -0.351 e. The van der Waals surface area contributed by atoms with E-state index in [1.165, 1.54) is 17.3 Å². The summed E-state index contributed by atoms with van der Waals surface area (Å²) in [5.74, 6) is 1.25. The molecule has 1 aromatic carbocycles. The first kappa shape index (κ1) is 13.5. The maximum Gasteiger partial charge on any atom is 0.292 e. The maximum atomic E-state index is 12.8. The molecule has 1 amide bonds. The number of amides is 1. The summed E-state index contributed by atoms with van der Waals surface area (Å²) in [5, 5.41) is 7.13. The molecule has 5 nitrogen and oxygen atoms in total. The molecule has 2 saturated heterocycles. The Morgan fingerprint density at radius 3 is 2.95 bits per heavy atom. The van der Waals surface area contributed by atoms with Gasteiger partial charge in [0, 0.05) is 31.6 Å². The zero-order valence-electron chi connectivity index (χ0n) is 12.5. The molecule has 1 N–H and O–H groups in total. The minimum absolute atomic E-state index is 0.0554. The highest BCUT2D eigenvalue weighted by molar-refractivity contribution is 5.92. The van der Waals surface area contributed by atoms with E-state index in [0.29, 0.717) is 17.6 Å².